The van der Waals surface area contributed by atoms with E-state index in [0.29, 0.717) is 25.7 Å². The van der Waals surface area contributed by atoms with E-state index in [0.717, 1.165) is 115 Å². The molecule has 0 spiro atoms. The van der Waals surface area contributed by atoms with E-state index in [1.165, 1.54) is 212 Å². The van der Waals surface area contributed by atoms with Crippen LogP contribution in [0.25, 0.3) is 0 Å². The summed E-state index contributed by atoms with van der Waals surface area (Å²) in [7, 11) is -9.90. The minimum absolute atomic E-state index is 0.105. The second kappa shape index (κ2) is 69.8. The lowest BCUT2D eigenvalue weighted by Crippen LogP contribution is -2.30. The summed E-state index contributed by atoms with van der Waals surface area (Å²) in [5, 5.41) is 10.6. The van der Waals surface area contributed by atoms with Gasteiger partial charge in [0.1, 0.15) is 19.3 Å². The molecule has 3 N–H and O–H groups in total. The molecular weight excluding hydrogens is 1270 g/mol. The number of hydrogen-bond donors (Lipinski definition) is 3. The van der Waals surface area contributed by atoms with Gasteiger partial charge >= 0.3 is 39.5 Å². The van der Waals surface area contributed by atoms with Crippen molar-refractivity contribution in [3.05, 3.63) is 0 Å². The maximum Gasteiger partial charge on any atom is 0.472 e. The molecule has 19 heteroatoms. The zero-order valence-electron chi connectivity index (χ0n) is 63.4. The zero-order chi connectivity index (χ0) is 71.4. The summed E-state index contributed by atoms with van der Waals surface area (Å²) in [6.07, 6.45) is 58.5. The molecule has 0 aromatic heterocycles. The van der Waals surface area contributed by atoms with E-state index in [4.69, 9.17) is 37.0 Å². The fourth-order valence-electron chi connectivity index (χ4n) is 12.0. The van der Waals surface area contributed by atoms with Crippen LogP contribution in [0.4, 0.5) is 0 Å². The van der Waals surface area contributed by atoms with Crippen molar-refractivity contribution in [2.45, 2.75) is 426 Å². The number of ether oxygens (including phenoxy) is 4. The third kappa shape index (κ3) is 70.9. The van der Waals surface area contributed by atoms with Crippen molar-refractivity contribution >= 4 is 39.5 Å². The van der Waals surface area contributed by atoms with E-state index in [9.17, 15) is 43.2 Å². The molecule has 0 amide bonds. The van der Waals surface area contributed by atoms with Crippen molar-refractivity contribution in [3.63, 3.8) is 0 Å². The van der Waals surface area contributed by atoms with Crippen molar-refractivity contribution < 1.29 is 80.2 Å². The van der Waals surface area contributed by atoms with Gasteiger partial charge in [-0.05, 0) is 37.5 Å². The van der Waals surface area contributed by atoms with E-state index >= 15 is 0 Å². The highest BCUT2D eigenvalue weighted by Gasteiger charge is 2.30. The first-order valence-electron chi connectivity index (χ1n) is 40.5. The van der Waals surface area contributed by atoms with Crippen molar-refractivity contribution in [3.8, 4) is 0 Å². The van der Waals surface area contributed by atoms with Gasteiger partial charge in [-0.3, -0.25) is 37.3 Å². The van der Waals surface area contributed by atoms with Crippen molar-refractivity contribution in [1.82, 2.24) is 0 Å². The standard InChI is InChI=1S/C78H152O17P2/c1-7-10-12-14-16-42-48-54-60-75(80)88-66-73(94-77(82)62-56-50-43-17-15-13-11-8-2)68-92-96(84,85)90-64-72(79)65-91-97(86,87)93-69-74(67-89-76(81)61-55-49-44-38-34-30-26-23-22-24-28-32-36-40-46-52-58-70(4)5)95-78(83)63-57-51-45-39-35-31-27-21-19-18-20-25-29-33-37-41-47-53-59-71(6)9-3/h70-74,79H,7-69H2,1-6H3,(H,84,85)(H,86,87)/t71?,72-,73+,74+/m0/s1. The first-order valence-corrected chi connectivity index (χ1v) is 43.5. The van der Waals surface area contributed by atoms with E-state index in [1.54, 1.807) is 0 Å². The van der Waals surface area contributed by atoms with Crippen LogP contribution in [0.5, 0.6) is 0 Å². The van der Waals surface area contributed by atoms with Crippen LogP contribution in [0.2, 0.25) is 0 Å². The maximum atomic E-state index is 13.1. The molecule has 6 atom stereocenters. The third-order valence-electron chi connectivity index (χ3n) is 18.6. The second-order valence-electron chi connectivity index (χ2n) is 28.8. The van der Waals surface area contributed by atoms with Crippen LogP contribution in [0, 0.1) is 11.8 Å². The van der Waals surface area contributed by atoms with Gasteiger partial charge in [0.25, 0.3) is 0 Å². The minimum atomic E-state index is -4.96. The minimum Gasteiger partial charge on any atom is -0.462 e. The van der Waals surface area contributed by atoms with Gasteiger partial charge in [-0.15, -0.1) is 0 Å². The summed E-state index contributed by atoms with van der Waals surface area (Å²) in [6, 6.07) is 0. The number of hydrogen-bond acceptors (Lipinski definition) is 15. The highest BCUT2D eigenvalue weighted by Crippen LogP contribution is 2.45. The van der Waals surface area contributed by atoms with E-state index in [2.05, 4.69) is 41.5 Å². The van der Waals surface area contributed by atoms with Gasteiger partial charge in [0.2, 0.25) is 0 Å². The molecule has 97 heavy (non-hydrogen) atoms. The second-order valence-corrected chi connectivity index (χ2v) is 31.7. The van der Waals surface area contributed by atoms with Crippen LogP contribution in [0.15, 0.2) is 0 Å². The number of carbonyl (C=O) groups is 4. The average Bonchev–Trinajstić information content (AvgIpc) is 1.00. The van der Waals surface area contributed by atoms with Crippen molar-refractivity contribution in [2.75, 3.05) is 39.6 Å². The maximum absolute atomic E-state index is 13.1. The summed E-state index contributed by atoms with van der Waals surface area (Å²) in [6.45, 7) is 9.65. The Morgan fingerprint density at radius 1 is 0.299 bits per heavy atom. The number of phosphoric ester groups is 2. The number of rotatable bonds is 77. The summed E-state index contributed by atoms with van der Waals surface area (Å²) < 4.78 is 68.4. The van der Waals surface area contributed by atoms with Crippen LogP contribution < -0.4 is 0 Å². The molecule has 0 heterocycles. The summed E-state index contributed by atoms with van der Waals surface area (Å²) in [4.78, 5) is 72.6. The monoisotopic (exact) mass is 1420 g/mol. The van der Waals surface area contributed by atoms with E-state index in [1.807, 2.05) is 0 Å². The Kier molecular flexibility index (Phi) is 68.4. The van der Waals surface area contributed by atoms with Gasteiger partial charge in [0.15, 0.2) is 12.2 Å². The Morgan fingerprint density at radius 3 is 0.784 bits per heavy atom. The molecule has 0 bridgehead atoms. The largest absolute Gasteiger partial charge is 0.472 e. The lowest BCUT2D eigenvalue weighted by molar-refractivity contribution is -0.161. The number of carbonyl (C=O) groups excluding carboxylic acids is 4. The molecular formula is C78H152O17P2. The molecule has 3 unspecified atom stereocenters. The first-order chi connectivity index (χ1) is 46.9. The Morgan fingerprint density at radius 2 is 0.526 bits per heavy atom. The lowest BCUT2D eigenvalue weighted by atomic mass is 9.99. The summed E-state index contributed by atoms with van der Waals surface area (Å²) in [5.41, 5.74) is 0. The average molecular weight is 1420 g/mol. The van der Waals surface area contributed by atoms with Crippen LogP contribution in [0.1, 0.15) is 408 Å². The number of aliphatic hydroxyl groups excluding tert-OH is 1. The van der Waals surface area contributed by atoms with Crippen molar-refractivity contribution in [1.29, 1.82) is 0 Å². The third-order valence-corrected chi connectivity index (χ3v) is 20.5. The van der Waals surface area contributed by atoms with Gasteiger partial charge in [-0.1, -0.05) is 356 Å². The molecule has 0 aliphatic carbocycles. The fourth-order valence-corrected chi connectivity index (χ4v) is 13.6. The summed E-state index contributed by atoms with van der Waals surface area (Å²) >= 11 is 0. The van der Waals surface area contributed by atoms with E-state index in [-0.39, 0.29) is 25.7 Å². The van der Waals surface area contributed by atoms with Gasteiger partial charge in [0, 0.05) is 25.7 Å². The number of esters is 4. The van der Waals surface area contributed by atoms with Gasteiger partial charge in [0.05, 0.1) is 26.4 Å². The molecule has 576 valence electrons. The van der Waals surface area contributed by atoms with Crippen LogP contribution in [-0.4, -0.2) is 96.7 Å². The molecule has 0 saturated carbocycles. The predicted octanol–water partition coefficient (Wildman–Crippen LogP) is 23.1. The quantitative estimate of drug-likeness (QED) is 0.0222. The Labute approximate surface area is 594 Å². The Balaban J connectivity index is 5.13. The molecule has 0 aromatic carbocycles. The molecule has 0 fully saturated rings. The topological polar surface area (TPSA) is 237 Å². The molecule has 0 aliphatic heterocycles. The summed E-state index contributed by atoms with van der Waals surface area (Å²) in [5.74, 6) is -0.436. The fraction of sp³-hybridized carbons (Fsp3) is 0.949. The highest BCUT2D eigenvalue weighted by atomic mass is 31.2. The SMILES string of the molecule is CCCCCCCCCCC(=O)OC[C@H](COP(=O)(O)OC[C@H](O)COP(=O)(O)OC[C@@H](COC(=O)CCCCCCCCCCCCCCCCCCC(C)C)OC(=O)CCCCCCCCCCCCCCCCCCCCC(C)CC)OC(=O)CCCCCCCCCC. The smallest absolute Gasteiger partial charge is 0.462 e. The lowest BCUT2D eigenvalue weighted by Gasteiger charge is -2.21. The van der Waals surface area contributed by atoms with Crippen molar-refractivity contribution in [2.24, 2.45) is 11.8 Å². The van der Waals surface area contributed by atoms with E-state index < -0.39 is 97.5 Å². The molecule has 17 nitrogen and oxygen atoms in total. The molecule has 0 saturated heterocycles. The van der Waals surface area contributed by atoms with Gasteiger partial charge < -0.3 is 33.8 Å². The molecule has 0 aliphatic rings. The number of unbranched alkanes of at least 4 members (excludes halogenated alkanes) is 46. The normalized spacial score (nSPS) is 14.2. The highest BCUT2D eigenvalue weighted by molar-refractivity contribution is 7.47. The Hall–Kier alpha value is -1.94. The molecule has 0 radical (unpaired) electrons. The molecule has 0 aromatic rings. The van der Waals surface area contributed by atoms with Crippen LogP contribution in [-0.2, 0) is 65.4 Å². The molecule has 0 rings (SSSR count). The Bertz CT molecular complexity index is 1870. The first kappa shape index (κ1) is 95.1. The van der Waals surface area contributed by atoms with Crippen LogP contribution in [0.3, 0.4) is 0 Å². The van der Waals surface area contributed by atoms with Crippen LogP contribution >= 0.6 is 15.6 Å². The number of aliphatic hydroxyl groups is 1. The number of phosphoric acid groups is 2. The van der Waals surface area contributed by atoms with Gasteiger partial charge in [-0.25, -0.2) is 9.13 Å². The predicted molar refractivity (Wildman–Crippen MR) is 395 cm³/mol. The van der Waals surface area contributed by atoms with Gasteiger partial charge in [-0.2, -0.15) is 0 Å². The zero-order valence-corrected chi connectivity index (χ0v) is 65.2.